The molecule has 2 aromatic heterocycles. The predicted molar refractivity (Wildman–Crippen MR) is 152 cm³/mol. The fourth-order valence-electron chi connectivity index (χ4n) is 4.90. The number of benzene rings is 2. The van der Waals surface area contributed by atoms with Gasteiger partial charge in [0.25, 0.3) is 5.91 Å². The number of hydrogen-bond donors (Lipinski definition) is 2. The van der Waals surface area contributed by atoms with Crippen LogP contribution in [0.15, 0.2) is 71.3 Å². The normalized spacial score (nSPS) is 18.1. The Labute approximate surface area is 240 Å². The molecule has 0 saturated carbocycles. The molecular formula is C31H25ClN4O5. The van der Waals surface area contributed by atoms with Crippen LogP contribution < -0.4 is 5.32 Å². The summed E-state index contributed by atoms with van der Waals surface area (Å²) in [5.74, 6) is -0.551. The summed E-state index contributed by atoms with van der Waals surface area (Å²) in [6, 6.07) is 14.2. The number of aliphatic hydroxyl groups excluding tert-OH is 1. The summed E-state index contributed by atoms with van der Waals surface area (Å²) < 4.78 is 11.4. The number of ether oxygens (including phenoxy) is 1. The molecule has 1 amide bonds. The number of hydrogen-bond acceptors (Lipinski definition) is 8. The van der Waals surface area contributed by atoms with E-state index in [1.54, 1.807) is 18.2 Å². The molecule has 0 aliphatic heterocycles. The molecule has 2 N–H and O–H groups in total. The minimum absolute atomic E-state index is 0.0277. The van der Waals surface area contributed by atoms with Crippen LogP contribution in [-0.2, 0) is 23.5 Å². The van der Waals surface area contributed by atoms with Gasteiger partial charge in [-0.2, -0.15) is 5.26 Å². The van der Waals surface area contributed by atoms with E-state index in [1.165, 1.54) is 25.4 Å². The van der Waals surface area contributed by atoms with Gasteiger partial charge in [0.2, 0.25) is 5.89 Å². The second-order valence-electron chi connectivity index (χ2n) is 9.58. The maximum atomic E-state index is 13.8. The van der Waals surface area contributed by atoms with Crippen LogP contribution in [0.25, 0.3) is 16.7 Å². The van der Waals surface area contributed by atoms with Gasteiger partial charge in [-0.1, -0.05) is 36.4 Å². The molecular weight excluding hydrogens is 544 g/mol. The number of oxazole rings is 1. The molecule has 1 aliphatic carbocycles. The lowest BCUT2D eigenvalue weighted by atomic mass is 9.81. The molecule has 41 heavy (non-hydrogen) atoms. The molecule has 0 spiro atoms. The van der Waals surface area contributed by atoms with E-state index in [4.69, 9.17) is 20.8 Å². The van der Waals surface area contributed by atoms with Crippen molar-refractivity contribution >= 4 is 40.5 Å². The van der Waals surface area contributed by atoms with Crippen molar-refractivity contribution in [3.63, 3.8) is 0 Å². The number of aldehydes is 1. The number of allylic oxidation sites excluding steroid dienone is 2. The number of aromatic nitrogens is 2. The second kappa shape index (κ2) is 11.5. The summed E-state index contributed by atoms with van der Waals surface area (Å²) in [7, 11) is 1.51. The molecule has 0 saturated heterocycles. The van der Waals surface area contributed by atoms with E-state index in [1.807, 2.05) is 43.3 Å². The fourth-order valence-corrected chi connectivity index (χ4v) is 5.31. The zero-order valence-corrected chi connectivity index (χ0v) is 23.0. The van der Waals surface area contributed by atoms with Crippen LogP contribution in [0, 0.1) is 18.3 Å². The van der Waals surface area contributed by atoms with Gasteiger partial charge < -0.3 is 19.6 Å². The number of alkyl halides is 1. The van der Waals surface area contributed by atoms with Gasteiger partial charge in [0.1, 0.15) is 23.6 Å². The SMILES string of the molecule is COCc1cc(C(=O)NC2(c3nc4cc(C=O)cc(C#N)c4o3)C=CC=C(c3ccccc3C)C2Cl)ncc1CO. The first-order valence-corrected chi connectivity index (χ1v) is 13.1. The Morgan fingerprint density at radius 1 is 1.29 bits per heavy atom. The van der Waals surface area contributed by atoms with Crippen molar-refractivity contribution in [2.45, 2.75) is 31.1 Å². The average Bonchev–Trinajstić information content (AvgIpc) is 3.43. The third-order valence-electron chi connectivity index (χ3n) is 6.99. The molecule has 2 heterocycles. The van der Waals surface area contributed by atoms with E-state index in [2.05, 4.69) is 15.3 Å². The van der Waals surface area contributed by atoms with Gasteiger partial charge in [-0.15, -0.1) is 11.6 Å². The number of rotatable bonds is 8. The van der Waals surface area contributed by atoms with E-state index in [-0.39, 0.29) is 47.0 Å². The van der Waals surface area contributed by atoms with E-state index >= 15 is 0 Å². The molecule has 2 unspecified atom stereocenters. The molecule has 0 fully saturated rings. The van der Waals surface area contributed by atoms with Crippen LogP contribution in [0.4, 0.5) is 0 Å². The van der Waals surface area contributed by atoms with Gasteiger partial charge in [-0.05, 0) is 53.5 Å². The standard InChI is InChI=1S/C31H25ClN4O5/c1-18-6-3-4-7-23(18)24-8-5-9-31(28(24)32,30-35-25-11-19(15-37)10-20(13-33)27(25)41-30)36-29(39)26-12-21(17-40-2)22(16-38)14-34-26/h3-12,14-15,28,38H,16-17H2,1-2H3,(H,36,39). The van der Waals surface area contributed by atoms with Crippen LogP contribution in [0.3, 0.4) is 0 Å². The minimum atomic E-state index is -1.52. The Bertz CT molecular complexity index is 1770. The molecule has 10 heteroatoms. The summed E-state index contributed by atoms with van der Waals surface area (Å²) in [6.07, 6.45) is 7.35. The highest BCUT2D eigenvalue weighted by atomic mass is 35.5. The van der Waals surface area contributed by atoms with Crippen molar-refractivity contribution in [2.75, 3.05) is 7.11 Å². The first-order chi connectivity index (χ1) is 19.8. The highest BCUT2D eigenvalue weighted by Crippen LogP contribution is 2.43. The first-order valence-electron chi connectivity index (χ1n) is 12.6. The lowest BCUT2D eigenvalue weighted by Crippen LogP contribution is -2.52. The molecule has 5 rings (SSSR count). The highest BCUT2D eigenvalue weighted by Gasteiger charge is 2.47. The largest absolute Gasteiger partial charge is 0.436 e. The highest BCUT2D eigenvalue weighted by molar-refractivity contribution is 6.28. The average molecular weight is 569 g/mol. The third kappa shape index (κ3) is 5.05. The molecule has 1 aliphatic rings. The van der Waals surface area contributed by atoms with Gasteiger partial charge in [-0.3, -0.25) is 14.6 Å². The number of halogens is 1. The van der Waals surface area contributed by atoms with Gasteiger partial charge in [0.05, 0.1) is 24.2 Å². The zero-order chi connectivity index (χ0) is 29.1. The number of aliphatic hydroxyl groups is 1. The summed E-state index contributed by atoms with van der Waals surface area (Å²) in [5, 5.41) is 21.5. The van der Waals surface area contributed by atoms with Gasteiger partial charge >= 0.3 is 0 Å². The van der Waals surface area contributed by atoms with E-state index < -0.39 is 16.8 Å². The number of aryl methyl sites for hydroxylation is 1. The van der Waals surface area contributed by atoms with Crippen molar-refractivity contribution in [2.24, 2.45) is 0 Å². The first kappa shape index (κ1) is 27.9. The predicted octanol–water partition coefficient (Wildman–Crippen LogP) is 4.74. The quantitative estimate of drug-likeness (QED) is 0.229. The lowest BCUT2D eigenvalue weighted by Gasteiger charge is -2.36. The lowest BCUT2D eigenvalue weighted by molar-refractivity contribution is 0.0901. The van der Waals surface area contributed by atoms with E-state index in [0.717, 1.165) is 11.1 Å². The number of carbonyl (C=O) groups excluding carboxylic acids is 2. The summed E-state index contributed by atoms with van der Waals surface area (Å²) in [6.45, 7) is 1.87. The van der Waals surface area contributed by atoms with Crippen LogP contribution in [0.5, 0.6) is 0 Å². The second-order valence-corrected chi connectivity index (χ2v) is 10.0. The number of amides is 1. The maximum absolute atomic E-state index is 13.8. The third-order valence-corrected chi connectivity index (χ3v) is 7.57. The minimum Gasteiger partial charge on any atom is -0.436 e. The Morgan fingerprint density at radius 3 is 2.80 bits per heavy atom. The number of nitriles is 1. The molecule has 9 nitrogen and oxygen atoms in total. The van der Waals surface area contributed by atoms with E-state index in [0.29, 0.717) is 23.0 Å². The number of nitrogens with zero attached hydrogens (tertiary/aromatic N) is 3. The molecule has 206 valence electrons. The van der Waals surface area contributed by atoms with Crippen molar-refractivity contribution < 1.29 is 23.8 Å². The summed E-state index contributed by atoms with van der Waals surface area (Å²) in [5.41, 5.74) is 3.07. The number of pyridine rings is 1. The molecule has 2 atom stereocenters. The summed E-state index contributed by atoms with van der Waals surface area (Å²) in [4.78, 5) is 34.2. The Balaban J connectivity index is 1.67. The molecule has 0 radical (unpaired) electrons. The van der Waals surface area contributed by atoms with Crippen LogP contribution >= 0.6 is 11.6 Å². The Morgan fingerprint density at radius 2 is 2.10 bits per heavy atom. The van der Waals surface area contributed by atoms with Crippen molar-refractivity contribution in [3.8, 4) is 6.07 Å². The van der Waals surface area contributed by atoms with Crippen molar-refractivity contribution in [1.82, 2.24) is 15.3 Å². The zero-order valence-electron chi connectivity index (χ0n) is 22.2. The van der Waals surface area contributed by atoms with Crippen LogP contribution in [0.2, 0.25) is 0 Å². The summed E-state index contributed by atoms with van der Waals surface area (Å²) >= 11 is 7.24. The fraction of sp³-hybridized carbons (Fsp3) is 0.194. The molecule has 4 aromatic rings. The Kier molecular flexibility index (Phi) is 7.81. The van der Waals surface area contributed by atoms with Gasteiger partial charge in [0.15, 0.2) is 11.1 Å². The monoisotopic (exact) mass is 568 g/mol. The molecule has 0 bridgehead atoms. The topological polar surface area (TPSA) is 138 Å². The maximum Gasteiger partial charge on any atom is 0.271 e. The van der Waals surface area contributed by atoms with Crippen molar-refractivity contribution in [1.29, 1.82) is 5.26 Å². The van der Waals surface area contributed by atoms with Crippen molar-refractivity contribution in [3.05, 3.63) is 112 Å². The Hall–Kier alpha value is -4.62. The number of carbonyl (C=O) groups is 2. The number of nitrogens with one attached hydrogen (secondary N) is 1. The number of fused-ring (bicyclic) bond motifs is 1. The molecule has 2 aromatic carbocycles. The van der Waals surface area contributed by atoms with Gasteiger partial charge in [-0.25, -0.2) is 4.98 Å². The van der Waals surface area contributed by atoms with E-state index in [9.17, 15) is 20.0 Å². The van der Waals surface area contributed by atoms with Crippen LogP contribution in [-0.4, -0.2) is 39.8 Å². The van der Waals surface area contributed by atoms with Gasteiger partial charge in [0, 0.05) is 24.4 Å². The smallest absolute Gasteiger partial charge is 0.271 e. The number of methoxy groups -OCH3 is 1. The van der Waals surface area contributed by atoms with Crippen LogP contribution in [0.1, 0.15) is 54.6 Å².